The van der Waals surface area contributed by atoms with Gasteiger partial charge in [0, 0.05) is 25.2 Å². The number of benzene rings is 2. The number of carbonyl (C=O) groups excluding carboxylic acids is 2. The molecule has 1 heterocycles. The largest absolute Gasteiger partial charge is 0.507 e. The van der Waals surface area contributed by atoms with E-state index in [1.54, 1.807) is 13.0 Å². The van der Waals surface area contributed by atoms with Gasteiger partial charge in [-0.3, -0.25) is 14.5 Å². The van der Waals surface area contributed by atoms with Crippen LogP contribution in [-0.2, 0) is 11.3 Å². The van der Waals surface area contributed by atoms with Gasteiger partial charge in [0.05, 0.1) is 5.56 Å². The summed E-state index contributed by atoms with van der Waals surface area (Å²) in [6.45, 7) is 7.43. The van der Waals surface area contributed by atoms with Gasteiger partial charge >= 0.3 is 0 Å². The predicted molar refractivity (Wildman–Crippen MR) is 119 cm³/mol. The number of nitrogens with zero attached hydrogens (tertiary/aromatic N) is 1. The highest BCUT2D eigenvalue weighted by molar-refractivity contribution is 5.99. The number of phenolic OH excluding ortho intramolecular Hbond substituents is 1. The van der Waals surface area contributed by atoms with Gasteiger partial charge in [0.1, 0.15) is 5.75 Å². The zero-order chi connectivity index (χ0) is 21.5. The van der Waals surface area contributed by atoms with Crippen molar-refractivity contribution in [3.05, 3.63) is 59.2 Å². The van der Waals surface area contributed by atoms with E-state index in [-0.39, 0.29) is 23.1 Å². The number of nitrogens with one attached hydrogen (secondary N) is 2. The van der Waals surface area contributed by atoms with Gasteiger partial charge in [-0.25, -0.2) is 0 Å². The summed E-state index contributed by atoms with van der Waals surface area (Å²) in [5.74, 6) is -0.116. The number of carbonyl (C=O) groups is 2. The molecule has 6 heteroatoms. The molecule has 0 aliphatic carbocycles. The van der Waals surface area contributed by atoms with Crippen LogP contribution in [0.1, 0.15) is 47.7 Å². The van der Waals surface area contributed by atoms with Crippen molar-refractivity contribution in [1.29, 1.82) is 0 Å². The average molecular weight is 410 g/mol. The van der Waals surface area contributed by atoms with Crippen LogP contribution >= 0.6 is 0 Å². The normalized spacial score (nSPS) is 15.0. The first-order valence-corrected chi connectivity index (χ1v) is 10.6. The fourth-order valence-electron chi connectivity index (χ4n) is 3.68. The van der Waals surface area contributed by atoms with Crippen LogP contribution in [0.15, 0.2) is 42.5 Å². The monoisotopic (exact) mass is 409 g/mol. The lowest BCUT2D eigenvalue weighted by Crippen LogP contribution is -2.38. The van der Waals surface area contributed by atoms with E-state index in [4.69, 9.17) is 0 Å². The smallest absolute Gasteiger partial charge is 0.255 e. The Morgan fingerprint density at radius 1 is 1.10 bits per heavy atom. The molecule has 160 valence electrons. The maximum atomic E-state index is 12.6. The van der Waals surface area contributed by atoms with Crippen LogP contribution in [0, 0.1) is 12.8 Å². The first kappa shape index (κ1) is 21.8. The third-order valence-corrected chi connectivity index (χ3v) is 5.63. The Morgan fingerprint density at radius 2 is 1.80 bits per heavy atom. The topological polar surface area (TPSA) is 81.7 Å². The van der Waals surface area contributed by atoms with Crippen molar-refractivity contribution in [3.8, 4) is 5.75 Å². The Balaban J connectivity index is 1.47. The maximum Gasteiger partial charge on any atom is 0.255 e. The van der Waals surface area contributed by atoms with Crippen LogP contribution in [0.5, 0.6) is 5.75 Å². The van der Waals surface area contributed by atoms with Crippen LogP contribution < -0.4 is 10.6 Å². The Morgan fingerprint density at radius 3 is 2.47 bits per heavy atom. The molecule has 1 aliphatic heterocycles. The summed E-state index contributed by atoms with van der Waals surface area (Å²) in [4.78, 5) is 26.6. The van der Waals surface area contributed by atoms with E-state index in [1.807, 2.05) is 0 Å². The third kappa shape index (κ3) is 6.07. The number of amides is 2. The molecule has 3 N–H and O–H groups in total. The minimum absolute atomic E-state index is 0.0880. The Labute approximate surface area is 178 Å². The highest BCUT2D eigenvalue weighted by Crippen LogP contribution is 2.23. The number of hydrogen-bond donors (Lipinski definition) is 3. The summed E-state index contributed by atoms with van der Waals surface area (Å²) in [7, 11) is 0. The Hall–Kier alpha value is -2.86. The minimum atomic E-state index is -0.317. The number of aryl methyl sites for hydroxylation is 1. The number of piperidine rings is 1. The number of likely N-dealkylation sites (tertiary alicyclic amines) is 1. The molecule has 3 rings (SSSR count). The summed E-state index contributed by atoms with van der Waals surface area (Å²) in [6.07, 6.45) is 2.42. The molecule has 2 aromatic rings. The Bertz CT molecular complexity index is 872. The quantitative estimate of drug-likeness (QED) is 0.609. The van der Waals surface area contributed by atoms with E-state index < -0.39 is 0 Å². The predicted octanol–water partition coefficient (Wildman–Crippen LogP) is 3.69. The second-order valence-corrected chi connectivity index (χ2v) is 8.05. The number of phenols is 1. The molecule has 0 spiro atoms. The molecule has 0 bridgehead atoms. The Kier molecular flexibility index (Phi) is 7.46. The second kappa shape index (κ2) is 10.3. The summed E-state index contributed by atoms with van der Waals surface area (Å²) < 4.78 is 0. The van der Waals surface area contributed by atoms with Gasteiger partial charge in [0.25, 0.3) is 5.91 Å². The molecule has 1 saturated heterocycles. The van der Waals surface area contributed by atoms with Crippen molar-refractivity contribution in [2.45, 2.75) is 39.7 Å². The highest BCUT2D eigenvalue weighted by Gasteiger charge is 2.21. The van der Waals surface area contributed by atoms with Crippen molar-refractivity contribution in [1.82, 2.24) is 10.2 Å². The van der Waals surface area contributed by atoms with Crippen molar-refractivity contribution in [2.24, 2.45) is 5.92 Å². The number of anilines is 1. The van der Waals surface area contributed by atoms with E-state index in [9.17, 15) is 14.7 Å². The molecule has 6 nitrogen and oxygen atoms in total. The van der Waals surface area contributed by atoms with Gasteiger partial charge in [-0.05, 0) is 62.5 Å². The molecular formula is C24H31N3O3. The molecular weight excluding hydrogens is 378 g/mol. The molecule has 2 aromatic carbocycles. The van der Waals surface area contributed by atoms with Gasteiger partial charge in [-0.2, -0.15) is 0 Å². The molecule has 0 aromatic heterocycles. The zero-order valence-corrected chi connectivity index (χ0v) is 17.8. The summed E-state index contributed by atoms with van der Waals surface area (Å²) in [5.41, 5.74) is 3.30. The van der Waals surface area contributed by atoms with Crippen molar-refractivity contribution in [2.75, 3.05) is 25.0 Å². The van der Waals surface area contributed by atoms with Gasteiger partial charge < -0.3 is 15.7 Å². The van der Waals surface area contributed by atoms with E-state index in [1.165, 1.54) is 23.3 Å². The summed E-state index contributed by atoms with van der Waals surface area (Å²) >= 11 is 0. The van der Waals surface area contributed by atoms with Crippen molar-refractivity contribution < 1.29 is 14.7 Å². The fourth-order valence-corrected chi connectivity index (χ4v) is 3.68. The fraction of sp³-hybridized carbons (Fsp3) is 0.417. The number of hydrogen-bond acceptors (Lipinski definition) is 4. The average Bonchev–Trinajstić information content (AvgIpc) is 2.76. The first-order chi connectivity index (χ1) is 14.4. The number of rotatable bonds is 7. The molecule has 2 amide bonds. The number of aromatic hydroxyl groups is 1. The zero-order valence-electron chi connectivity index (χ0n) is 17.8. The molecule has 0 radical (unpaired) electrons. The standard InChI is InChI=1S/C24H31N3O3/c1-3-23(29)26-20-8-9-22(28)21(14-20)24(30)25-15-18-10-12-27(13-11-18)16-19-6-4-17(2)5-7-19/h4-9,14,18,28H,3,10-13,15-16H2,1-2H3,(H,25,30)(H,26,29). The van der Waals surface area contributed by atoms with Crippen LogP contribution in [0.4, 0.5) is 5.69 Å². The van der Waals surface area contributed by atoms with Gasteiger partial charge in [0.15, 0.2) is 0 Å². The van der Waals surface area contributed by atoms with E-state index >= 15 is 0 Å². The third-order valence-electron chi connectivity index (χ3n) is 5.63. The van der Waals surface area contributed by atoms with Gasteiger partial charge in [0.2, 0.25) is 5.91 Å². The van der Waals surface area contributed by atoms with Crippen LogP contribution in [0.25, 0.3) is 0 Å². The first-order valence-electron chi connectivity index (χ1n) is 10.6. The molecule has 0 unspecified atom stereocenters. The molecule has 1 fully saturated rings. The summed E-state index contributed by atoms with van der Waals surface area (Å²) in [5, 5.41) is 15.7. The lowest BCUT2D eigenvalue weighted by atomic mass is 9.96. The highest BCUT2D eigenvalue weighted by atomic mass is 16.3. The van der Waals surface area contributed by atoms with Gasteiger partial charge in [-0.15, -0.1) is 0 Å². The lowest BCUT2D eigenvalue weighted by Gasteiger charge is -2.32. The lowest BCUT2D eigenvalue weighted by molar-refractivity contribution is -0.115. The second-order valence-electron chi connectivity index (χ2n) is 8.05. The summed E-state index contributed by atoms with van der Waals surface area (Å²) in [6, 6.07) is 13.2. The maximum absolute atomic E-state index is 12.6. The van der Waals surface area contributed by atoms with Crippen molar-refractivity contribution in [3.63, 3.8) is 0 Å². The van der Waals surface area contributed by atoms with Crippen LogP contribution in [0.3, 0.4) is 0 Å². The van der Waals surface area contributed by atoms with Gasteiger partial charge in [-0.1, -0.05) is 36.8 Å². The van der Waals surface area contributed by atoms with Crippen LogP contribution in [-0.4, -0.2) is 41.5 Å². The molecule has 1 aliphatic rings. The molecule has 0 atom stereocenters. The molecule has 30 heavy (non-hydrogen) atoms. The van der Waals surface area contributed by atoms with E-state index in [2.05, 4.69) is 46.7 Å². The van der Waals surface area contributed by atoms with Crippen molar-refractivity contribution >= 4 is 17.5 Å². The minimum Gasteiger partial charge on any atom is -0.507 e. The van der Waals surface area contributed by atoms with E-state index in [0.29, 0.717) is 24.6 Å². The van der Waals surface area contributed by atoms with Crippen LogP contribution in [0.2, 0.25) is 0 Å². The SMILES string of the molecule is CCC(=O)Nc1ccc(O)c(C(=O)NCC2CCN(Cc3ccc(C)cc3)CC2)c1. The molecule has 0 saturated carbocycles. The van der Waals surface area contributed by atoms with E-state index in [0.717, 1.165) is 32.5 Å².